The molecule has 0 aromatic heterocycles. The lowest BCUT2D eigenvalue weighted by Crippen LogP contribution is -2.49. The highest BCUT2D eigenvalue weighted by Gasteiger charge is 2.28. The van der Waals surface area contributed by atoms with Gasteiger partial charge in [-0.2, -0.15) is 0 Å². The van der Waals surface area contributed by atoms with E-state index in [4.69, 9.17) is 4.74 Å². The van der Waals surface area contributed by atoms with E-state index in [0.29, 0.717) is 13.0 Å². The summed E-state index contributed by atoms with van der Waals surface area (Å²) in [6, 6.07) is -0.485. The molecule has 1 amide bonds. The van der Waals surface area contributed by atoms with Crippen LogP contribution in [0.15, 0.2) is 0 Å². The second-order valence-corrected chi connectivity index (χ2v) is 4.61. The lowest BCUT2D eigenvalue weighted by Gasteiger charge is -2.28. The zero-order chi connectivity index (χ0) is 11.5. The van der Waals surface area contributed by atoms with Crippen LogP contribution in [-0.2, 0) is 4.74 Å². The van der Waals surface area contributed by atoms with Crippen molar-refractivity contribution in [3.63, 3.8) is 0 Å². The summed E-state index contributed by atoms with van der Waals surface area (Å²) in [5, 5.41) is 5.31. The van der Waals surface area contributed by atoms with E-state index in [1.165, 1.54) is 6.54 Å². The Kier molecular flexibility index (Phi) is 3.90. The number of ether oxygens (including phenoxy) is 1. The predicted molar refractivity (Wildman–Crippen MR) is 55.0 cm³/mol. The minimum Gasteiger partial charge on any atom is -0.444 e. The Hall–Kier alpha value is -0.840. The third kappa shape index (κ3) is 4.46. The number of piperidine rings is 1. The van der Waals surface area contributed by atoms with E-state index in [1.807, 2.05) is 0 Å². The molecule has 0 aliphatic carbocycles. The molecule has 1 aliphatic rings. The lowest BCUT2D eigenvalue weighted by molar-refractivity contribution is 0.0469. The number of hydrogen-bond acceptors (Lipinski definition) is 3. The number of hydrogen-bond donors (Lipinski definition) is 2. The van der Waals surface area contributed by atoms with Crippen LogP contribution in [0, 0.1) is 6.54 Å². The van der Waals surface area contributed by atoms with Crippen molar-refractivity contribution in [2.75, 3.05) is 6.54 Å². The van der Waals surface area contributed by atoms with Crippen LogP contribution < -0.4 is 10.6 Å². The summed E-state index contributed by atoms with van der Waals surface area (Å²) in [4.78, 5) is 11.3. The molecule has 1 heterocycles. The third-order valence-corrected chi connectivity index (χ3v) is 1.96. The summed E-state index contributed by atoms with van der Waals surface area (Å²) in [6.45, 7) is 7.34. The van der Waals surface area contributed by atoms with Gasteiger partial charge in [0.1, 0.15) is 11.8 Å². The average molecular weight is 217 g/mol. The van der Waals surface area contributed by atoms with Gasteiger partial charge in [-0.25, -0.2) is 9.18 Å². The van der Waals surface area contributed by atoms with Crippen molar-refractivity contribution in [3.8, 4) is 0 Å². The first kappa shape index (κ1) is 12.2. The van der Waals surface area contributed by atoms with Gasteiger partial charge in [-0.1, -0.05) is 0 Å². The fraction of sp³-hybridized carbons (Fsp3) is 0.800. The number of alkyl carbamates (subject to hydrolysis) is 1. The van der Waals surface area contributed by atoms with E-state index in [2.05, 4.69) is 10.6 Å². The summed E-state index contributed by atoms with van der Waals surface area (Å²) in [6.07, 6.45) is -1.16. The molecule has 4 nitrogen and oxygen atoms in total. The average Bonchev–Trinajstić information content (AvgIpc) is 2.05. The summed E-state index contributed by atoms with van der Waals surface area (Å²) in [7, 11) is 0. The second-order valence-electron chi connectivity index (χ2n) is 4.61. The van der Waals surface area contributed by atoms with Crippen LogP contribution in [0.3, 0.4) is 0 Å². The maximum Gasteiger partial charge on any atom is 0.407 e. The van der Waals surface area contributed by atoms with Crippen molar-refractivity contribution in [1.29, 1.82) is 0 Å². The highest BCUT2D eigenvalue weighted by atomic mass is 19.1. The maximum absolute atomic E-state index is 13.3. The monoisotopic (exact) mass is 217 g/mol. The first-order valence-electron chi connectivity index (χ1n) is 5.09. The van der Waals surface area contributed by atoms with Crippen molar-refractivity contribution in [3.05, 3.63) is 6.54 Å². The molecule has 1 saturated heterocycles. The van der Waals surface area contributed by atoms with Crippen LogP contribution >= 0.6 is 0 Å². The molecule has 2 N–H and O–H groups in total. The number of carbonyl (C=O) groups excluding carboxylic acids is 1. The molecule has 0 spiro atoms. The van der Waals surface area contributed by atoms with Crippen LogP contribution in [0.2, 0.25) is 0 Å². The zero-order valence-corrected chi connectivity index (χ0v) is 9.34. The topological polar surface area (TPSA) is 50.4 Å². The Bertz CT molecular complexity index is 228. The molecule has 1 radical (unpaired) electrons. The molecule has 15 heavy (non-hydrogen) atoms. The molecular formula is C10H18FN2O2. The van der Waals surface area contributed by atoms with E-state index in [9.17, 15) is 9.18 Å². The van der Waals surface area contributed by atoms with Crippen LogP contribution in [-0.4, -0.2) is 30.5 Å². The fourth-order valence-corrected chi connectivity index (χ4v) is 1.32. The van der Waals surface area contributed by atoms with Gasteiger partial charge < -0.3 is 15.4 Å². The zero-order valence-electron chi connectivity index (χ0n) is 9.34. The van der Waals surface area contributed by atoms with E-state index in [0.717, 1.165) is 0 Å². The number of amides is 1. The first-order valence-corrected chi connectivity index (χ1v) is 5.09. The summed E-state index contributed by atoms with van der Waals surface area (Å²) >= 11 is 0. The van der Waals surface area contributed by atoms with Gasteiger partial charge in [0.15, 0.2) is 0 Å². The van der Waals surface area contributed by atoms with Gasteiger partial charge in [-0.05, 0) is 33.7 Å². The summed E-state index contributed by atoms with van der Waals surface area (Å²) < 4.78 is 18.3. The molecule has 5 heteroatoms. The Balaban J connectivity index is 2.36. The van der Waals surface area contributed by atoms with E-state index < -0.39 is 23.9 Å². The Labute approximate surface area is 89.6 Å². The highest BCUT2D eigenvalue weighted by Crippen LogP contribution is 2.12. The third-order valence-electron chi connectivity index (χ3n) is 1.96. The molecule has 87 valence electrons. The lowest BCUT2D eigenvalue weighted by atomic mass is 10.1. The van der Waals surface area contributed by atoms with Gasteiger partial charge in [-0.15, -0.1) is 0 Å². The summed E-state index contributed by atoms with van der Waals surface area (Å²) in [5.74, 6) is 0. The highest BCUT2D eigenvalue weighted by molar-refractivity contribution is 5.68. The number of rotatable bonds is 1. The summed E-state index contributed by atoms with van der Waals surface area (Å²) in [5.41, 5.74) is -0.549. The molecule has 1 rings (SSSR count). The van der Waals surface area contributed by atoms with Gasteiger partial charge >= 0.3 is 6.09 Å². The van der Waals surface area contributed by atoms with Gasteiger partial charge in [0, 0.05) is 0 Å². The maximum atomic E-state index is 13.3. The van der Waals surface area contributed by atoms with Gasteiger partial charge in [-0.3, -0.25) is 0 Å². The minimum atomic E-state index is -1.16. The normalized spacial score (nSPS) is 27.2. The molecule has 0 aromatic carbocycles. The van der Waals surface area contributed by atoms with Gasteiger partial charge in [0.25, 0.3) is 0 Å². The van der Waals surface area contributed by atoms with Gasteiger partial charge in [0.2, 0.25) is 0 Å². The van der Waals surface area contributed by atoms with Crippen molar-refractivity contribution < 1.29 is 13.9 Å². The van der Waals surface area contributed by atoms with Crippen molar-refractivity contribution >= 4 is 6.09 Å². The number of alkyl halides is 1. The van der Waals surface area contributed by atoms with Crippen molar-refractivity contribution in [2.24, 2.45) is 0 Å². The molecule has 0 bridgehead atoms. The van der Waals surface area contributed by atoms with E-state index in [-0.39, 0.29) is 0 Å². The largest absolute Gasteiger partial charge is 0.444 e. The van der Waals surface area contributed by atoms with Crippen LogP contribution in [0.1, 0.15) is 27.2 Å². The van der Waals surface area contributed by atoms with Gasteiger partial charge in [0.05, 0.1) is 12.6 Å². The number of halogens is 1. The molecule has 2 unspecified atom stereocenters. The van der Waals surface area contributed by atoms with Crippen LogP contribution in [0.5, 0.6) is 0 Å². The molecular weight excluding hydrogens is 199 g/mol. The van der Waals surface area contributed by atoms with Crippen molar-refractivity contribution in [2.45, 2.75) is 45.0 Å². The fourth-order valence-electron chi connectivity index (χ4n) is 1.32. The van der Waals surface area contributed by atoms with Crippen LogP contribution in [0.25, 0.3) is 0 Å². The van der Waals surface area contributed by atoms with E-state index >= 15 is 0 Å². The first-order chi connectivity index (χ1) is 6.88. The molecule has 2 atom stereocenters. The minimum absolute atomic E-state index is 0.485. The predicted octanol–water partition coefficient (Wildman–Crippen LogP) is 1.37. The molecule has 1 fully saturated rings. The molecule has 1 aliphatic heterocycles. The second kappa shape index (κ2) is 4.79. The smallest absolute Gasteiger partial charge is 0.407 e. The van der Waals surface area contributed by atoms with Crippen LogP contribution in [0.4, 0.5) is 9.18 Å². The van der Waals surface area contributed by atoms with Crippen molar-refractivity contribution in [1.82, 2.24) is 10.6 Å². The quantitative estimate of drug-likeness (QED) is 0.697. The Morgan fingerprint density at radius 1 is 1.60 bits per heavy atom. The number of carbonyl (C=O) groups is 1. The molecule has 0 saturated carbocycles. The van der Waals surface area contributed by atoms with E-state index in [1.54, 1.807) is 20.8 Å². The SMILES string of the molecule is CC(C)(C)OC(=O)NC1CCN[CH]C1F. The number of nitrogens with one attached hydrogen (secondary N) is 2. The molecule has 0 aromatic rings. The Morgan fingerprint density at radius 3 is 2.80 bits per heavy atom. The Morgan fingerprint density at radius 2 is 2.27 bits per heavy atom. The standard InChI is InChI=1S/C10H18FN2O2/c1-10(2,3)15-9(14)13-8-4-5-12-6-7(8)11/h6-8,12H,4-5H2,1-3H3,(H,13,14).